The van der Waals surface area contributed by atoms with Crippen LogP contribution < -0.4 is 4.90 Å². The van der Waals surface area contributed by atoms with E-state index < -0.39 is 5.97 Å². The fourth-order valence-electron chi connectivity index (χ4n) is 5.76. The first-order valence-corrected chi connectivity index (χ1v) is 13.8. The van der Waals surface area contributed by atoms with Gasteiger partial charge in [0, 0.05) is 73.6 Å². The van der Waals surface area contributed by atoms with E-state index in [0.717, 1.165) is 84.6 Å². The highest BCUT2D eigenvalue weighted by Crippen LogP contribution is 2.46. The van der Waals surface area contributed by atoms with Crippen molar-refractivity contribution in [2.75, 3.05) is 31.1 Å². The SMILES string of the molecule is C[C@@H]1CN(CCc2c(-c3c(Cl)cccc3Cl)noc2C2CC2)CCN1c1ccc2c(C(=O)O)cn(C)c2c1. The molecule has 0 amide bonds. The summed E-state index contributed by atoms with van der Waals surface area (Å²) < 4.78 is 7.74. The standard InChI is InChI=1S/C29H30Cl2N4O3/c1-17-15-34(12-13-35(17)19-8-9-20-22(29(36)37)16-33(2)25(20)14-19)11-10-21-27(32-38-28(21)18-6-7-18)26-23(30)4-3-5-24(26)31/h3-5,8-9,14,16-18H,6-7,10-13,15H2,1-2H3,(H,36,37)/t17-/m1/s1. The molecule has 1 N–H and O–H groups in total. The van der Waals surface area contributed by atoms with Gasteiger partial charge in [0.2, 0.25) is 0 Å². The van der Waals surface area contributed by atoms with Crippen molar-refractivity contribution >= 4 is 45.8 Å². The second-order valence-electron chi connectivity index (χ2n) is 10.5. The number of anilines is 1. The molecule has 1 aliphatic heterocycles. The quantitative estimate of drug-likeness (QED) is 0.283. The molecule has 9 heteroatoms. The molecule has 1 aliphatic carbocycles. The summed E-state index contributed by atoms with van der Waals surface area (Å²) in [5.41, 5.74) is 5.03. The number of halogens is 2. The number of aryl methyl sites for hydroxylation is 1. The lowest BCUT2D eigenvalue weighted by Crippen LogP contribution is -2.52. The number of nitrogens with zero attached hydrogens (tertiary/aromatic N) is 4. The Morgan fingerprint density at radius 3 is 2.61 bits per heavy atom. The lowest BCUT2D eigenvalue weighted by molar-refractivity contribution is 0.0699. The van der Waals surface area contributed by atoms with E-state index >= 15 is 0 Å². The molecular formula is C29H30Cl2N4O3. The van der Waals surface area contributed by atoms with Crippen molar-refractivity contribution in [2.45, 2.75) is 38.1 Å². The molecule has 0 bridgehead atoms. The summed E-state index contributed by atoms with van der Waals surface area (Å²) in [5, 5.41) is 15.9. The van der Waals surface area contributed by atoms with Gasteiger partial charge in [-0.25, -0.2) is 4.79 Å². The van der Waals surface area contributed by atoms with Crippen LogP contribution in [0.3, 0.4) is 0 Å². The van der Waals surface area contributed by atoms with Crippen molar-refractivity contribution in [3.8, 4) is 11.3 Å². The fourth-order valence-corrected chi connectivity index (χ4v) is 6.34. The Bertz CT molecular complexity index is 1500. The van der Waals surface area contributed by atoms with Gasteiger partial charge in [0.15, 0.2) is 0 Å². The Morgan fingerprint density at radius 2 is 1.92 bits per heavy atom. The number of aromatic carboxylic acids is 1. The molecule has 2 aromatic heterocycles. The first kappa shape index (κ1) is 25.3. The molecule has 2 aromatic carbocycles. The van der Waals surface area contributed by atoms with Crippen LogP contribution in [0.4, 0.5) is 5.69 Å². The molecule has 7 nitrogen and oxygen atoms in total. The van der Waals surface area contributed by atoms with E-state index in [1.165, 1.54) is 0 Å². The molecule has 1 atom stereocenters. The van der Waals surface area contributed by atoms with Gasteiger partial charge < -0.3 is 19.1 Å². The molecule has 2 fully saturated rings. The molecule has 198 valence electrons. The molecule has 1 saturated carbocycles. The van der Waals surface area contributed by atoms with Crippen molar-refractivity contribution < 1.29 is 14.4 Å². The number of carboxylic acids is 1. The minimum absolute atomic E-state index is 0.309. The normalized spacial score (nSPS) is 18.4. The number of piperazine rings is 1. The molecule has 6 rings (SSSR count). The first-order chi connectivity index (χ1) is 18.3. The van der Waals surface area contributed by atoms with Crippen LogP contribution in [0.25, 0.3) is 22.2 Å². The van der Waals surface area contributed by atoms with Crippen LogP contribution in [0.2, 0.25) is 10.0 Å². The topological polar surface area (TPSA) is 74.7 Å². The number of aromatic nitrogens is 2. The van der Waals surface area contributed by atoms with Gasteiger partial charge in [-0.3, -0.25) is 4.90 Å². The highest BCUT2D eigenvalue weighted by molar-refractivity contribution is 6.39. The first-order valence-electron chi connectivity index (χ1n) is 13.1. The summed E-state index contributed by atoms with van der Waals surface area (Å²) >= 11 is 13.1. The fraction of sp³-hybridized carbons (Fsp3) is 0.379. The summed E-state index contributed by atoms with van der Waals surface area (Å²) in [6.45, 7) is 5.89. The minimum Gasteiger partial charge on any atom is -0.478 e. The zero-order valence-electron chi connectivity index (χ0n) is 21.5. The Morgan fingerprint density at radius 1 is 1.16 bits per heavy atom. The minimum atomic E-state index is -0.900. The number of carboxylic acid groups (broad SMARTS) is 1. The Hall–Kier alpha value is -3.00. The van der Waals surface area contributed by atoms with Crippen LogP contribution in [-0.4, -0.2) is 57.9 Å². The number of rotatable bonds is 7. The monoisotopic (exact) mass is 552 g/mol. The summed E-state index contributed by atoms with van der Waals surface area (Å²) in [6, 6.07) is 11.9. The van der Waals surface area contributed by atoms with Crippen LogP contribution in [0.1, 0.15) is 47.4 Å². The summed E-state index contributed by atoms with van der Waals surface area (Å²) in [7, 11) is 1.89. The predicted molar refractivity (Wildman–Crippen MR) is 151 cm³/mol. The van der Waals surface area contributed by atoms with Gasteiger partial charge in [0.1, 0.15) is 11.5 Å². The average molecular weight is 553 g/mol. The lowest BCUT2D eigenvalue weighted by Gasteiger charge is -2.41. The van der Waals surface area contributed by atoms with E-state index in [0.29, 0.717) is 27.6 Å². The molecule has 3 heterocycles. The van der Waals surface area contributed by atoms with Gasteiger partial charge in [-0.15, -0.1) is 0 Å². The average Bonchev–Trinajstić information content (AvgIpc) is 3.57. The van der Waals surface area contributed by atoms with Crippen LogP contribution in [0.15, 0.2) is 47.1 Å². The molecule has 0 unspecified atom stereocenters. The van der Waals surface area contributed by atoms with Crippen molar-refractivity contribution in [3.05, 3.63) is 69.5 Å². The number of hydrogen-bond acceptors (Lipinski definition) is 5. The Labute approximate surface area is 231 Å². The molecule has 0 radical (unpaired) electrons. The number of benzene rings is 2. The summed E-state index contributed by atoms with van der Waals surface area (Å²) in [4.78, 5) is 16.5. The van der Waals surface area contributed by atoms with E-state index in [1.807, 2.05) is 41.9 Å². The summed E-state index contributed by atoms with van der Waals surface area (Å²) in [5.74, 6) is 0.527. The second kappa shape index (κ2) is 9.95. The zero-order valence-corrected chi connectivity index (χ0v) is 23.0. The number of carbonyl (C=O) groups is 1. The third kappa shape index (κ3) is 4.57. The maximum atomic E-state index is 11.6. The molecule has 0 spiro atoms. The largest absolute Gasteiger partial charge is 0.478 e. The Kier molecular flexibility index (Phi) is 6.62. The van der Waals surface area contributed by atoms with Gasteiger partial charge in [0.05, 0.1) is 21.1 Å². The van der Waals surface area contributed by atoms with Crippen molar-refractivity contribution in [1.29, 1.82) is 0 Å². The molecule has 38 heavy (non-hydrogen) atoms. The predicted octanol–water partition coefficient (Wildman–Crippen LogP) is 6.47. The molecule has 1 saturated heterocycles. The van der Waals surface area contributed by atoms with E-state index in [2.05, 4.69) is 27.9 Å². The van der Waals surface area contributed by atoms with Gasteiger partial charge in [-0.05, 0) is 56.5 Å². The van der Waals surface area contributed by atoms with Gasteiger partial charge in [-0.1, -0.05) is 34.4 Å². The third-order valence-corrected chi connectivity index (χ3v) is 8.52. The van der Waals surface area contributed by atoms with Crippen LogP contribution >= 0.6 is 23.2 Å². The van der Waals surface area contributed by atoms with Crippen molar-refractivity contribution in [3.63, 3.8) is 0 Å². The maximum absolute atomic E-state index is 11.6. The highest BCUT2D eigenvalue weighted by Gasteiger charge is 2.34. The van der Waals surface area contributed by atoms with E-state index in [1.54, 1.807) is 6.20 Å². The van der Waals surface area contributed by atoms with Crippen molar-refractivity contribution in [2.24, 2.45) is 7.05 Å². The molecule has 4 aromatic rings. The van der Waals surface area contributed by atoms with E-state index in [9.17, 15) is 9.90 Å². The third-order valence-electron chi connectivity index (χ3n) is 7.89. The summed E-state index contributed by atoms with van der Waals surface area (Å²) in [6.07, 6.45) is 4.77. The van der Waals surface area contributed by atoms with Gasteiger partial charge in [0.25, 0.3) is 0 Å². The van der Waals surface area contributed by atoms with Gasteiger partial charge >= 0.3 is 5.97 Å². The second-order valence-corrected chi connectivity index (χ2v) is 11.3. The van der Waals surface area contributed by atoms with E-state index in [4.69, 9.17) is 27.7 Å². The zero-order chi connectivity index (χ0) is 26.6. The van der Waals surface area contributed by atoms with Crippen LogP contribution in [0.5, 0.6) is 0 Å². The number of fused-ring (bicyclic) bond motifs is 1. The Balaban J connectivity index is 1.18. The van der Waals surface area contributed by atoms with Crippen LogP contribution in [-0.2, 0) is 13.5 Å². The maximum Gasteiger partial charge on any atom is 0.337 e. The van der Waals surface area contributed by atoms with Crippen molar-refractivity contribution in [1.82, 2.24) is 14.6 Å². The molecular weight excluding hydrogens is 523 g/mol. The van der Waals surface area contributed by atoms with Crippen LogP contribution in [0, 0.1) is 0 Å². The molecule has 2 aliphatic rings. The van der Waals surface area contributed by atoms with Gasteiger partial charge in [-0.2, -0.15) is 0 Å². The smallest absolute Gasteiger partial charge is 0.337 e. The highest BCUT2D eigenvalue weighted by atomic mass is 35.5. The lowest BCUT2D eigenvalue weighted by atomic mass is 10.0. The number of hydrogen-bond donors (Lipinski definition) is 1. The van der Waals surface area contributed by atoms with E-state index in [-0.39, 0.29) is 0 Å².